The Balaban J connectivity index is 1.59. The van der Waals surface area contributed by atoms with Gasteiger partial charge in [-0.1, -0.05) is 11.6 Å². The van der Waals surface area contributed by atoms with E-state index in [-0.39, 0.29) is 18.1 Å². The van der Waals surface area contributed by atoms with Crippen LogP contribution >= 0.6 is 11.6 Å². The van der Waals surface area contributed by atoms with Gasteiger partial charge in [0.25, 0.3) is 5.91 Å². The van der Waals surface area contributed by atoms with Crippen LogP contribution in [0.3, 0.4) is 0 Å². The number of hydrogen-bond donors (Lipinski definition) is 1. The SMILES string of the molecule is Cc1c(C)c2cc(Cl)c(OCC(=O)NCC3CCN(C(C)C)C3)cc2oc1=O. The second-order valence-electron chi connectivity index (χ2n) is 7.75. The number of rotatable bonds is 6. The van der Waals surface area contributed by atoms with E-state index in [0.717, 1.165) is 30.5 Å². The molecular weight excluding hydrogens is 380 g/mol. The zero-order valence-electron chi connectivity index (χ0n) is 16.8. The molecule has 28 heavy (non-hydrogen) atoms. The Morgan fingerprint density at radius 2 is 2.11 bits per heavy atom. The van der Waals surface area contributed by atoms with Crippen LogP contribution in [-0.2, 0) is 4.79 Å². The predicted molar refractivity (Wildman–Crippen MR) is 110 cm³/mol. The maximum Gasteiger partial charge on any atom is 0.339 e. The van der Waals surface area contributed by atoms with Crippen LogP contribution in [0.1, 0.15) is 31.4 Å². The van der Waals surface area contributed by atoms with Crippen molar-refractivity contribution in [3.05, 3.63) is 38.7 Å². The summed E-state index contributed by atoms with van der Waals surface area (Å²) in [7, 11) is 0. The molecule has 0 radical (unpaired) electrons. The molecule has 6 nitrogen and oxygen atoms in total. The van der Waals surface area contributed by atoms with Gasteiger partial charge in [0.2, 0.25) is 0 Å². The van der Waals surface area contributed by atoms with Crippen LogP contribution in [0.15, 0.2) is 21.3 Å². The van der Waals surface area contributed by atoms with Crippen molar-refractivity contribution in [2.75, 3.05) is 26.2 Å². The first-order valence-electron chi connectivity index (χ1n) is 9.63. The molecule has 2 heterocycles. The van der Waals surface area contributed by atoms with Gasteiger partial charge in [-0.15, -0.1) is 0 Å². The molecule has 1 atom stereocenters. The molecule has 1 saturated heterocycles. The molecule has 1 fully saturated rings. The van der Waals surface area contributed by atoms with Gasteiger partial charge in [-0.25, -0.2) is 4.79 Å². The summed E-state index contributed by atoms with van der Waals surface area (Å²) >= 11 is 6.30. The van der Waals surface area contributed by atoms with Crippen molar-refractivity contribution in [3.63, 3.8) is 0 Å². The monoisotopic (exact) mass is 406 g/mol. The highest BCUT2D eigenvalue weighted by Gasteiger charge is 2.24. The fraction of sp³-hybridized carbons (Fsp3) is 0.524. The zero-order valence-corrected chi connectivity index (χ0v) is 17.6. The van der Waals surface area contributed by atoms with Crippen molar-refractivity contribution in [3.8, 4) is 5.75 Å². The van der Waals surface area contributed by atoms with Gasteiger partial charge in [-0.05, 0) is 58.2 Å². The molecule has 1 aromatic carbocycles. The van der Waals surface area contributed by atoms with Crippen molar-refractivity contribution in [1.29, 1.82) is 0 Å². The molecule has 7 heteroatoms. The third-order valence-corrected chi connectivity index (χ3v) is 5.80. The number of nitrogens with one attached hydrogen (secondary N) is 1. The molecule has 152 valence electrons. The molecule has 0 spiro atoms. The maximum atomic E-state index is 12.2. The average molecular weight is 407 g/mol. The van der Waals surface area contributed by atoms with Crippen molar-refractivity contribution in [2.45, 2.75) is 40.2 Å². The zero-order chi connectivity index (χ0) is 20.4. The average Bonchev–Trinajstić information content (AvgIpc) is 3.13. The Hall–Kier alpha value is -2.05. The summed E-state index contributed by atoms with van der Waals surface area (Å²) in [5.41, 5.74) is 1.39. The van der Waals surface area contributed by atoms with E-state index < -0.39 is 0 Å². The first-order valence-corrected chi connectivity index (χ1v) is 10.0. The van der Waals surface area contributed by atoms with E-state index in [4.69, 9.17) is 20.8 Å². The number of hydrogen-bond acceptors (Lipinski definition) is 5. The fourth-order valence-electron chi connectivity index (χ4n) is 3.51. The molecule has 3 rings (SSSR count). The van der Waals surface area contributed by atoms with Crippen molar-refractivity contribution >= 4 is 28.5 Å². The number of likely N-dealkylation sites (tertiary alicyclic amines) is 1. The van der Waals surface area contributed by atoms with Crippen molar-refractivity contribution in [2.24, 2.45) is 5.92 Å². The molecule has 1 aliphatic rings. The molecule has 1 aromatic heterocycles. The van der Waals surface area contributed by atoms with Crippen LogP contribution in [0.25, 0.3) is 11.0 Å². The van der Waals surface area contributed by atoms with Crippen LogP contribution < -0.4 is 15.7 Å². The second-order valence-corrected chi connectivity index (χ2v) is 8.16. The van der Waals surface area contributed by atoms with Gasteiger partial charge < -0.3 is 19.4 Å². The number of aryl methyl sites for hydroxylation is 1. The van der Waals surface area contributed by atoms with Gasteiger partial charge in [-0.2, -0.15) is 0 Å². The summed E-state index contributed by atoms with van der Waals surface area (Å²) in [5, 5.41) is 4.06. The smallest absolute Gasteiger partial charge is 0.339 e. The Morgan fingerprint density at radius 3 is 2.79 bits per heavy atom. The van der Waals surface area contributed by atoms with E-state index in [1.165, 1.54) is 0 Å². The largest absolute Gasteiger partial charge is 0.482 e. The summed E-state index contributed by atoms with van der Waals surface area (Å²) in [6.07, 6.45) is 1.09. The minimum absolute atomic E-state index is 0.138. The van der Waals surface area contributed by atoms with E-state index >= 15 is 0 Å². The second kappa shape index (κ2) is 8.53. The van der Waals surface area contributed by atoms with Gasteiger partial charge in [0.15, 0.2) is 6.61 Å². The topological polar surface area (TPSA) is 71.8 Å². The predicted octanol–water partition coefficient (Wildman–Crippen LogP) is 3.29. The summed E-state index contributed by atoms with van der Waals surface area (Å²) in [5.74, 6) is 0.597. The molecular formula is C21H27ClN2O4. The normalized spacial score (nSPS) is 17.4. The lowest BCUT2D eigenvalue weighted by atomic mass is 10.1. The number of carbonyl (C=O) groups is 1. The number of fused-ring (bicyclic) bond motifs is 1. The fourth-order valence-corrected chi connectivity index (χ4v) is 3.72. The van der Waals surface area contributed by atoms with Crippen LogP contribution in [-0.4, -0.2) is 43.1 Å². The molecule has 1 aliphatic heterocycles. The Bertz CT molecular complexity index is 938. The highest BCUT2D eigenvalue weighted by Crippen LogP contribution is 2.31. The van der Waals surface area contributed by atoms with Crippen molar-refractivity contribution < 1.29 is 13.9 Å². The highest BCUT2D eigenvalue weighted by atomic mass is 35.5. The van der Waals surface area contributed by atoms with E-state index in [0.29, 0.717) is 40.4 Å². The van der Waals surface area contributed by atoms with E-state index in [9.17, 15) is 9.59 Å². The lowest BCUT2D eigenvalue weighted by Gasteiger charge is -2.20. The molecule has 2 aromatic rings. The lowest BCUT2D eigenvalue weighted by molar-refractivity contribution is -0.123. The summed E-state index contributed by atoms with van der Waals surface area (Å²) < 4.78 is 10.9. The molecule has 0 aliphatic carbocycles. The first-order chi connectivity index (χ1) is 13.3. The number of ether oxygens (including phenoxy) is 1. The third-order valence-electron chi connectivity index (χ3n) is 5.50. The molecule has 0 bridgehead atoms. The molecule has 1 unspecified atom stereocenters. The Morgan fingerprint density at radius 1 is 1.36 bits per heavy atom. The third kappa shape index (κ3) is 4.50. The van der Waals surface area contributed by atoms with Crippen molar-refractivity contribution in [1.82, 2.24) is 10.2 Å². The van der Waals surface area contributed by atoms with Gasteiger partial charge in [0.05, 0.1) is 5.02 Å². The minimum Gasteiger partial charge on any atom is -0.482 e. The van der Waals surface area contributed by atoms with Gasteiger partial charge in [0, 0.05) is 36.1 Å². The van der Waals surface area contributed by atoms with Crippen LogP contribution in [0, 0.1) is 19.8 Å². The van der Waals surface area contributed by atoms with Gasteiger partial charge in [0.1, 0.15) is 11.3 Å². The number of benzene rings is 1. The van der Waals surface area contributed by atoms with E-state index in [1.807, 2.05) is 6.92 Å². The molecule has 1 amide bonds. The lowest BCUT2D eigenvalue weighted by Crippen LogP contribution is -2.35. The van der Waals surface area contributed by atoms with Crippen LogP contribution in [0.2, 0.25) is 5.02 Å². The van der Waals surface area contributed by atoms with Gasteiger partial charge in [-0.3, -0.25) is 4.79 Å². The Labute approximate surface area is 169 Å². The standard InChI is InChI=1S/C21H27ClN2O4/c1-12(2)24-6-5-15(10-24)9-23-20(25)11-27-19-8-18-16(7-17(19)22)13(3)14(4)21(26)28-18/h7-8,12,15H,5-6,9-11H2,1-4H3,(H,23,25). The van der Waals surface area contributed by atoms with Crippen LogP contribution in [0.4, 0.5) is 0 Å². The van der Waals surface area contributed by atoms with E-state index in [1.54, 1.807) is 19.1 Å². The minimum atomic E-state index is -0.386. The molecule has 1 N–H and O–H groups in total. The van der Waals surface area contributed by atoms with Gasteiger partial charge >= 0.3 is 5.63 Å². The molecule has 0 saturated carbocycles. The number of halogens is 1. The Kier molecular flexibility index (Phi) is 6.30. The quantitative estimate of drug-likeness (QED) is 0.745. The van der Waals surface area contributed by atoms with E-state index in [2.05, 4.69) is 24.1 Å². The number of nitrogens with zero attached hydrogens (tertiary/aromatic N) is 1. The summed E-state index contributed by atoms with van der Waals surface area (Å²) in [6.45, 7) is 10.5. The summed E-state index contributed by atoms with van der Waals surface area (Å²) in [4.78, 5) is 26.5. The summed E-state index contributed by atoms with van der Waals surface area (Å²) in [6, 6.07) is 3.80. The maximum absolute atomic E-state index is 12.2. The first kappa shape index (κ1) is 20.7. The van der Waals surface area contributed by atoms with Crippen LogP contribution in [0.5, 0.6) is 5.75 Å². The number of amides is 1. The number of carbonyl (C=O) groups excluding carboxylic acids is 1. The highest BCUT2D eigenvalue weighted by molar-refractivity contribution is 6.32.